The maximum atomic E-state index is 13.5. The predicted molar refractivity (Wildman–Crippen MR) is 112 cm³/mol. The maximum Gasteiger partial charge on any atom is 0.292 e. The summed E-state index contributed by atoms with van der Waals surface area (Å²) < 4.78 is 5.71. The molecule has 0 N–H and O–H groups in total. The summed E-state index contributed by atoms with van der Waals surface area (Å²) in [5.41, 5.74) is 3.25. The van der Waals surface area contributed by atoms with Gasteiger partial charge in [-0.3, -0.25) is 9.69 Å². The number of carbonyl (C=O) groups is 1. The molecule has 3 aliphatic rings. The first-order valence-corrected chi connectivity index (χ1v) is 11.1. The Bertz CT molecular complexity index is 915. The normalized spacial score (nSPS) is 27.7. The minimum atomic E-state index is -0.00169. The van der Waals surface area contributed by atoms with Crippen molar-refractivity contribution in [3.8, 4) is 0 Å². The zero-order valence-electron chi connectivity index (χ0n) is 17.7. The van der Waals surface area contributed by atoms with Crippen LogP contribution in [0.3, 0.4) is 0 Å². The summed E-state index contributed by atoms with van der Waals surface area (Å²) in [7, 11) is 0. The Kier molecular flexibility index (Phi) is 4.73. The van der Waals surface area contributed by atoms with Crippen molar-refractivity contribution in [3.05, 3.63) is 52.7 Å². The van der Waals surface area contributed by atoms with E-state index >= 15 is 0 Å². The Hall–Kier alpha value is -2.14. The van der Waals surface area contributed by atoms with Crippen molar-refractivity contribution in [2.45, 2.75) is 58.5 Å². The molecule has 29 heavy (non-hydrogen) atoms. The smallest absolute Gasteiger partial charge is 0.292 e. The number of fused-ring (bicyclic) bond motifs is 1. The van der Waals surface area contributed by atoms with Gasteiger partial charge in [-0.15, -0.1) is 0 Å². The van der Waals surface area contributed by atoms with Crippen LogP contribution in [0.15, 0.2) is 28.7 Å². The maximum absolute atomic E-state index is 13.5. The molecule has 1 aliphatic carbocycles. The number of benzene rings is 1. The van der Waals surface area contributed by atoms with E-state index < -0.39 is 0 Å². The van der Waals surface area contributed by atoms with Crippen LogP contribution in [0.1, 0.15) is 65.0 Å². The number of likely N-dealkylation sites (tertiary alicyclic amines) is 2. The van der Waals surface area contributed by atoms with Gasteiger partial charge in [0.15, 0.2) is 5.89 Å². The van der Waals surface area contributed by atoms with Gasteiger partial charge in [-0.25, -0.2) is 4.98 Å². The molecule has 1 aromatic heterocycles. The third-order valence-corrected chi connectivity index (χ3v) is 7.40. The van der Waals surface area contributed by atoms with Crippen molar-refractivity contribution in [2.24, 2.45) is 11.8 Å². The van der Waals surface area contributed by atoms with Crippen LogP contribution in [0.25, 0.3) is 0 Å². The highest BCUT2D eigenvalue weighted by atomic mass is 16.4. The van der Waals surface area contributed by atoms with E-state index in [1.807, 2.05) is 6.92 Å². The lowest BCUT2D eigenvalue weighted by Crippen LogP contribution is -2.38. The van der Waals surface area contributed by atoms with E-state index in [-0.39, 0.29) is 11.9 Å². The fraction of sp³-hybridized carbons (Fsp3) is 0.583. The number of hydrogen-bond donors (Lipinski definition) is 0. The van der Waals surface area contributed by atoms with E-state index in [1.54, 1.807) is 6.92 Å². The first-order valence-electron chi connectivity index (χ1n) is 11.1. The molecule has 5 heteroatoms. The van der Waals surface area contributed by atoms with Crippen molar-refractivity contribution >= 4 is 5.91 Å². The van der Waals surface area contributed by atoms with Crippen LogP contribution >= 0.6 is 0 Å². The summed E-state index contributed by atoms with van der Waals surface area (Å²) in [6, 6.07) is 9.43. The molecule has 3 atom stereocenters. The van der Waals surface area contributed by atoms with Crippen LogP contribution in [0.5, 0.6) is 0 Å². The topological polar surface area (TPSA) is 49.6 Å². The average Bonchev–Trinajstić information content (AvgIpc) is 3.44. The van der Waals surface area contributed by atoms with Crippen molar-refractivity contribution in [3.63, 3.8) is 0 Å². The second kappa shape index (κ2) is 7.28. The van der Waals surface area contributed by atoms with Crippen LogP contribution in [-0.2, 0) is 0 Å². The summed E-state index contributed by atoms with van der Waals surface area (Å²) in [5, 5.41) is 0. The Morgan fingerprint density at radius 2 is 1.83 bits per heavy atom. The van der Waals surface area contributed by atoms with Gasteiger partial charge in [0.2, 0.25) is 5.76 Å². The molecule has 154 valence electrons. The quantitative estimate of drug-likeness (QED) is 0.781. The minimum Gasteiger partial charge on any atom is -0.436 e. The van der Waals surface area contributed by atoms with Crippen LogP contribution in [0.4, 0.5) is 0 Å². The number of aromatic nitrogens is 1. The molecule has 0 spiro atoms. The van der Waals surface area contributed by atoms with E-state index in [2.05, 4.69) is 46.0 Å². The standard InChI is InChI=1S/C24H31N3O2/c1-15-8-4-7-11-20(15)22-21-14-26(19-9-5-6-10-19)12-18(21)13-27(22)24(28)23-16(2)25-17(3)29-23/h4,7-8,11,18-19,21-22H,5-6,9-10,12-14H2,1-3H3/t18-,21-,22+/m0/s1. The molecular weight excluding hydrogens is 362 g/mol. The van der Waals surface area contributed by atoms with E-state index in [1.165, 1.54) is 36.8 Å². The largest absolute Gasteiger partial charge is 0.436 e. The molecule has 2 aliphatic heterocycles. The zero-order valence-corrected chi connectivity index (χ0v) is 17.7. The second-order valence-electron chi connectivity index (χ2n) is 9.22. The lowest BCUT2D eigenvalue weighted by molar-refractivity contribution is 0.0658. The van der Waals surface area contributed by atoms with E-state index in [4.69, 9.17) is 4.42 Å². The van der Waals surface area contributed by atoms with Gasteiger partial charge in [0, 0.05) is 38.5 Å². The average molecular weight is 394 g/mol. The van der Waals surface area contributed by atoms with Gasteiger partial charge >= 0.3 is 0 Å². The molecule has 5 nitrogen and oxygen atoms in total. The molecule has 1 aromatic carbocycles. The first-order chi connectivity index (χ1) is 14.0. The van der Waals surface area contributed by atoms with Crippen molar-refractivity contribution in [2.75, 3.05) is 19.6 Å². The van der Waals surface area contributed by atoms with Gasteiger partial charge in [0.1, 0.15) is 0 Å². The Morgan fingerprint density at radius 3 is 2.52 bits per heavy atom. The van der Waals surface area contributed by atoms with Gasteiger partial charge in [0.05, 0.1) is 11.7 Å². The number of nitrogens with zero attached hydrogens (tertiary/aromatic N) is 3. The van der Waals surface area contributed by atoms with E-state index in [0.717, 1.165) is 25.7 Å². The third kappa shape index (κ3) is 3.20. The number of hydrogen-bond acceptors (Lipinski definition) is 4. The molecule has 1 amide bonds. The summed E-state index contributed by atoms with van der Waals surface area (Å²) in [4.78, 5) is 22.7. The van der Waals surface area contributed by atoms with E-state index in [0.29, 0.717) is 29.2 Å². The predicted octanol–water partition coefficient (Wildman–Crippen LogP) is 4.29. The molecule has 1 saturated carbocycles. The first kappa shape index (κ1) is 18.9. The molecule has 3 heterocycles. The van der Waals surface area contributed by atoms with E-state index in [9.17, 15) is 4.79 Å². The van der Waals surface area contributed by atoms with Gasteiger partial charge in [-0.1, -0.05) is 37.1 Å². The van der Waals surface area contributed by atoms with Crippen LogP contribution in [0, 0.1) is 32.6 Å². The number of carbonyl (C=O) groups excluding carboxylic acids is 1. The minimum absolute atomic E-state index is 0.00169. The van der Waals surface area contributed by atoms with Gasteiger partial charge in [0.25, 0.3) is 5.91 Å². The number of amides is 1. The van der Waals surface area contributed by atoms with Crippen LogP contribution < -0.4 is 0 Å². The lowest BCUT2D eigenvalue weighted by Gasteiger charge is -2.32. The molecule has 0 radical (unpaired) electrons. The number of aryl methyl sites for hydroxylation is 3. The van der Waals surface area contributed by atoms with Crippen LogP contribution in [-0.4, -0.2) is 46.4 Å². The summed E-state index contributed by atoms with van der Waals surface area (Å²) in [6.07, 6.45) is 5.42. The Balaban J connectivity index is 1.48. The monoisotopic (exact) mass is 393 g/mol. The molecule has 3 fully saturated rings. The van der Waals surface area contributed by atoms with Gasteiger partial charge in [-0.2, -0.15) is 0 Å². The fourth-order valence-corrected chi connectivity index (χ4v) is 6.03. The highest BCUT2D eigenvalue weighted by molar-refractivity contribution is 5.93. The molecule has 0 unspecified atom stereocenters. The molecule has 0 bridgehead atoms. The summed E-state index contributed by atoms with van der Waals surface area (Å²) in [5.74, 6) is 2.00. The van der Waals surface area contributed by atoms with Gasteiger partial charge in [-0.05, 0) is 43.7 Å². The molecule has 2 saturated heterocycles. The second-order valence-corrected chi connectivity index (χ2v) is 9.22. The zero-order chi connectivity index (χ0) is 20.1. The van der Waals surface area contributed by atoms with Crippen molar-refractivity contribution < 1.29 is 9.21 Å². The number of oxazole rings is 1. The highest BCUT2D eigenvalue weighted by Crippen LogP contribution is 2.47. The number of rotatable bonds is 3. The lowest BCUT2D eigenvalue weighted by atomic mass is 9.87. The summed E-state index contributed by atoms with van der Waals surface area (Å²) in [6.45, 7) is 8.87. The molecule has 2 aromatic rings. The molecule has 5 rings (SSSR count). The SMILES string of the molecule is Cc1nc(C)c(C(=O)N2C[C@@H]3CN(C4CCCC4)C[C@@H]3[C@H]2c2ccccc2C)o1. The van der Waals surface area contributed by atoms with Gasteiger partial charge < -0.3 is 9.32 Å². The summed E-state index contributed by atoms with van der Waals surface area (Å²) >= 11 is 0. The molecular formula is C24H31N3O2. The highest BCUT2D eigenvalue weighted by Gasteiger charge is 2.51. The Labute approximate surface area is 173 Å². The van der Waals surface area contributed by atoms with Crippen molar-refractivity contribution in [1.29, 1.82) is 0 Å². The van der Waals surface area contributed by atoms with Crippen LogP contribution in [0.2, 0.25) is 0 Å². The third-order valence-electron chi connectivity index (χ3n) is 7.40. The Morgan fingerprint density at radius 1 is 1.07 bits per heavy atom. The van der Waals surface area contributed by atoms with Crippen molar-refractivity contribution in [1.82, 2.24) is 14.8 Å². The fourth-order valence-electron chi connectivity index (χ4n) is 6.03.